The van der Waals surface area contributed by atoms with E-state index in [4.69, 9.17) is 4.74 Å². The Bertz CT molecular complexity index is 1320. The van der Waals surface area contributed by atoms with Gasteiger partial charge in [0.2, 0.25) is 0 Å². The second-order valence-corrected chi connectivity index (χ2v) is 10.6. The van der Waals surface area contributed by atoms with Crippen molar-refractivity contribution in [2.45, 2.75) is 26.3 Å². The first kappa shape index (κ1) is 23.7. The third-order valence-corrected chi connectivity index (χ3v) is 7.69. The summed E-state index contributed by atoms with van der Waals surface area (Å²) in [4.78, 5) is 27.4. The average molecular weight is 485 g/mol. The minimum Gasteiger partial charge on any atom is -0.452 e. The first-order valence-corrected chi connectivity index (χ1v) is 12.7. The van der Waals surface area contributed by atoms with Crippen LogP contribution in [-0.2, 0) is 19.4 Å². The summed E-state index contributed by atoms with van der Waals surface area (Å²) in [5.41, 5.74) is 2.90. The van der Waals surface area contributed by atoms with Crippen molar-refractivity contribution in [3.8, 4) is 5.69 Å². The third kappa shape index (κ3) is 4.89. The number of para-hydroxylation sites is 1. The van der Waals surface area contributed by atoms with Gasteiger partial charge in [0.25, 0.3) is 5.91 Å². The highest BCUT2D eigenvalue weighted by molar-refractivity contribution is 7.91. The predicted octanol–water partition coefficient (Wildman–Crippen LogP) is 3.61. The van der Waals surface area contributed by atoms with Crippen LogP contribution in [0.4, 0.5) is 10.1 Å². The number of anilines is 1. The number of carbonyl (C=O) groups excluding carboxylic acids is 2. The standard InChI is InChI=1S/C25H25FN2O5S/c1-17-14-23(18(2)27(17)21-10-8-19(26)9-11-21)25(30)33-15-24(29)28(20-6-4-3-5-7-20)22-12-13-34(31,32)16-22/h3-11,14,22H,12-13,15-16H2,1-2H3. The van der Waals surface area contributed by atoms with Crippen molar-refractivity contribution < 1.29 is 27.1 Å². The first-order valence-electron chi connectivity index (χ1n) is 10.9. The van der Waals surface area contributed by atoms with Gasteiger partial charge in [0.15, 0.2) is 16.4 Å². The average Bonchev–Trinajstić information content (AvgIpc) is 3.31. The smallest absolute Gasteiger partial charge is 0.340 e. The molecule has 9 heteroatoms. The molecule has 178 valence electrons. The quantitative estimate of drug-likeness (QED) is 0.499. The summed E-state index contributed by atoms with van der Waals surface area (Å²) in [6.45, 7) is 3.04. The Balaban J connectivity index is 1.52. The maximum absolute atomic E-state index is 13.3. The van der Waals surface area contributed by atoms with Gasteiger partial charge < -0.3 is 14.2 Å². The largest absolute Gasteiger partial charge is 0.452 e. The first-order chi connectivity index (χ1) is 16.2. The topological polar surface area (TPSA) is 85.7 Å². The van der Waals surface area contributed by atoms with E-state index >= 15 is 0 Å². The van der Waals surface area contributed by atoms with E-state index in [1.165, 1.54) is 17.0 Å². The number of sulfone groups is 1. The summed E-state index contributed by atoms with van der Waals surface area (Å²) in [7, 11) is -3.22. The Kier molecular flexibility index (Phi) is 6.56. The van der Waals surface area contributed by atoms with E-state index in [-0.39, 0.29) is 17.3 Å². The summed E-state index contributed by atoms with van der Waals surface area (Å²) in [5.74, 6) is -1.62. The lowest BCUT2D eigenvalue weighted by molar-refractivity contribution is -0.122. The summed E-state index contributed by atoms with van der Waals surface area (Å²) < 4.78 is 44.5. The second kappa shape index (κ2) is 9.42. The molecule has 1 fully saturated rings. The number of halogens is 1. The van der Waals surface area contributed by atoms with E-state index in [0.717, 1.165) is 5.69 Å². The van der Waals surface area contributed by atoms with Gasteiger partial charge >= 0.3 is 5.97 Å². The zero-order valence-corrected chi connectivity index (χ0v) is 19.7. The van der Waals surface area contributed by atoms with Gasteiger partial charge in [0.05, 0.1) is 23.1 Å². The van der Waals surface area contributed by atoms with E-state index in [1.54, 1.807) is 60.0 Å². The van der Waals surface area contributed by atoms with Gasteiger partial charge in [-0.15, -0.1) is 0 Å². The van der Waals surface area contributed by atoms with E-state index in [0.29, 0.717) is 29.1 Å². The molecule has 7 nitrogen and oxygen atoms in total. The molecule has 1 aliphatic rings. The molecule has 1 unspecified atom stereocenters. The van der Waals surface area contributed by atoms with Crippen LogP contribution in [0.1, 0.15) is 28.2 Å². The molecule has 1 saturated heterocycles. The number of rotatable bonds is 6. The van der Waals surface area contributed by atoms with Gasteiger partial charge in [-0.3, -0.25) is 4.79 Å². The fraction of sp³-hybridized carbons (Fsp3) is 0.280. The van der Waals surface area contributed by atoms with Crippen molar-refractivity contribution in [3.05, 3.63) is 83.4 Å². The highest BCUT2D eigenvalue weighted by Gasteiger charge is 2.36. The molecular weight excluding hydrogens is 459 g/mol. The Morgan fingerprint density at radius 1 is 1.09 bits per heavy atom. The fourth-order valence-corrected chi connectivity index (χ4v) is 6.06. The van der Waals surface area contributed by atoms with Crippen molar-refractivity contribution >= 4 is 27.4 Å². The van der Waals surface area contributed by atoms with Crippen LogP contribution >= 0.6 is 0 Å². The molecule has 0 spiro atoms. The van der Waals surface area contributed by atoms with Gasteiger partial charge in [-0.25, -0.2) is 17.6 Å². The van der Waals surface area contributed by atoms with Crippen LogP contribution in [0.25, 0.3) is 5.69 Å². The minimum absolute atomic E-state index is 0.0173. The molecule has 34 heavy (non-hydrogen) atoms. The fourth-order valence-electron chi connectivity index (χ4n) is 4.36. The molecule has 0 aliphatic carbocycles. The van der Waals surface area contributed by atoms with Crippen molar-refractivity contribution in [2.75, 3.05) is 23.0 Å². The van der Waals surface area contributed by atoms with Crippen molar-refractivity contribution in [3.63, 3.8) is 0 Å². The zero-order chi connectivity index (χ0) is 24.5. The second-order valence-electron chi connectivity index (χ2n) is 8.33. The highest BCUT2D eigenvalue weighted by atomic mass is 32.2. The van der Waals surface area contributed by atoms with Crippen molar-refractivity contribution in [1.82, 2.24) is 4.57 Å². The molecule has 1 aliphatic heterocycles. The molecular formula is C25H25FN2O5S. The number of aromatic nitrogens is 1. The van der Waals surface area contributed by atoms with Crippen LogP contribution in [-0.4, -0.2) is 49.0 Å². The molecule has 2 aromatic carbocycles. The summed E-state index contributed by atoms with van der Waals surface area (Å²) in [5, 5.41) is 0. The molecule has 0 radical (unpaired) electrons. The van der Waals surface area contributed by atoms with E-state index < -0.39 is 34.4 Å². The molecule has 1 atom stereocenters. The molecule has 0 N–H and O–H groups in total. The van der Waals surface area contributed by atoms with Gasteiger partial charge in [-0.05, 0) is 62.7 Å². The number of ether oxygens (including phenoxy) is 1. The highest BCUT2D eigenvalue weighted by Crippen LogP contribution is 2.25. The maximum Gasteiger partial charge on any atom is 0.340 e. The summed E-state index contributed by atoms with van der Waals surface area (Å²) >= 11 is 0. The number of benzene rings is 2. The minimum atomic E-state index is -3.22. The summed E-state index contributed by atoms with van der Waals surface area (Å²) in [6.07, 6.45) is 0.329. The molecule has 0 bridgehead atoms. The number of hydrogen-bond donors (Lipinski definition) is 0. The Hall–Kier alpha value is -3.46. The molecule has 0 saturated carbocycles. The van der Waals surface area contributed by atoms with Crippen molar-refractivity contribution in [1.29, 1.82) is 0 Å². The number of carbonyl (C=O) groups is 2. The number of hydrogen-bond acceptors (Lipinski definition) is 5. The molecule has 1 aromatic heterocycles. The van der Waals surface area contributed by atoms with Gasteiger partial charge in [0, 0.05) is 22.8 Å². The van der Waals surface area contributed by atoms with Crippen LogP contribution < -0.4 is 4.90 Å². The lowest BCUT2D eigenvalue weighted by Crippen LogP contribution is -2.43. The maximum atomic E-state index is 13.3. The van der Waals surface area contributed by atoms with Crippen LogP contribution in [0, 0.1) is 19.7 Å². The molecule has 1 amide bonds. The predicted molar refractivity (Wildman–Crippen MR) is 126 cm³/mol. The van der Waals surface area contributed by atoms with E-state index in [1.807, 2.05) is 6.92 Å². The van der Waals surface area contributed by atoms with Crippen LogP contribution in [0.3, 0.4) is 0 Å². The van der Waals surface area contributed by atoms with Crippen molar-refractivity contribution in [2.24, 2.45) is 0 Å². The molecule has 4 rings (SSSR count). The summed E-state index contributed by atoms with van der Waals surface area (Å²) in [6, 6.07) is 15.8. The SMILES string of the molecule is Cc1cc(C(=O)OCC(=O)N(c2ccccc2)C2CCS(=O)(=O)C2)c(C)n1-c1ccc(F)cc1. The third-order valence-electron chi connectivity index (χ3n) is 5.94. The van der Waals surface area contributed by atoms with Gasteiger partial charge in [0.1, 0.15) is 5.82 Å². The van der Waals surface area contributed by atoms with Crippen LogP contribution in [0.5, 0.6) is 0 Å². The number of amides is 1. The normalized spacial score (nSPS) is 16.9. The monoisotopic (exact) mass is 484 g/mol. The molecule has 3 aromatic rings. The molecule has 2 heterocycles. The van der Waals surface area contributed by atoms with Crippen LogP contribution in [0.2, 0.25) is 0 Å². The van der Waals surface area contributed by atoms with E-state index in [2.05, 4.69) is 0 Å². The van der Waals surface area contributed by atoms with Gasteiger partial charge in [-0.2, -0.15) is 0 Å². The zero-order valence-electron chi connectivity index (χ0n) is 18.9. The van der Waals surface area contributed by atoms with Gasteiger partial charge in [-0.1, -0.05) is 18.2 Å². The number of aryl methyl sites for hydroxylation is 1. The Morgan fingerprint density at radius 3 is 2.38 bits per heavy atom. The number of esters is 1. The number of nitrogens with zero attached hydrogens (tertiary/aromatic N) is 2. The lowest BCUT2D eigenvalue weighted by Gasteiger charge is -2.28. The Morgan fingerprint density at radius 2 is 1.76 bits per heavy atom. The lowest BCUT2D eigenvalue weighted by atomic mass is 10.2. The Labute approximate surface area is 197 Å². The van der Waals surface area contributed by atoms with E-state index in [9.17, 15) is 22.4 Å². The van der Waals surface area contributed by atoms with Crippen LogP contribution in [0.15, 0.2) is 60.7 Å².